The Morgan fingerprint density at radius 3 is 2.65 bits per heavy atom. The molecule has 0 unspecified atom stereocenters. The number of aromatic nitrogens is 4. The molecular formula is C17H23BrN6O2. The molecule has 140 valence electrons. The smallest absolute Gasteiger partial charge is 0.243 e. The maximum atomic E-state index is 12.2. The third-order valence-corrected chi connectivity index (χ3v) is 4.95. The molecule has 0 saturated carbocycles. The van der Waals surface area contributed by atoms with Crippen LogP contribution in [-0.4, -0.2) is 69.4 Å². The molecule has 0 bridgehead atoms. The molecule has 0 radical (unpaired) electrons. The van der Waals surface area contributed by atoms with Crippen LogP contribution in [0.25, 0.3) is 11.4 Å². The lowest BCUT2D eigenvalue weighted by Crippen LogP contribution is -2.55. The minimum absolute atomic E-state index is 0.0444. The lowest BCUT2D eigenvalue weighted by Gasteiger charge is -2.40. The van der Waals surface area contributed by atoms with E-state index in [9.17, 15) is 4.79 Å². The fraction of sp³-hybridized carbons (Fsp3) is 0.529. The zero-order chi connectivity index (χ0) is 18.6. The van der Waals surface area contributed by atoms with Crippen LogP contribution >= 0.6 is 15.9 Å². The Morgan fingerprint density at radius 2 is 1.96 bits per heavy atom. The third-order valence-electron chi connectivity index (χ3n) is 4.43. The second kappa shape index (κ2) is 8.24. The van der Waals surface area contributed by atoms with Crippen molar-refractivity contribution in [2.24, 2.45) is 0 Å². The van der Waals surface area contributed by atoms with Gasteiger partial charge in [-0.3, -0.25) is 9.69 Å². The van der Waals surface area contributed by atoms with Crippen molar-refractivity contribution >= 4 is 21.8 Å². The number of morpholine rings is 1. The predicted octanol–water partition coefficient (Wildman–Crippen LogP) is 1.33. The van der Waals surface area contributed by atoms with E-state index in [0.29, 0.717) is 12.4 Å². The van der Waals surface area contributed by atoms with Gasteiger partial charge in [0.1, 0.15) is 6.54 Å². The summed E-state index contributed by atoms with van der Waals surface area (Å²) < 4.78 is 6.37. The number of nitrogens with one attached hydrogen (secondary N) is 1. The first-order valence-electron chi connectivity index (χ1n) is 8.57. The maximum absolute atomic E-state index is 12.2. The normalized spacial score (nSPS) is 15.8. The van der Waals surface area contributed by atoms with E-state index < -0.39 is 0 Å². The maximum Gasteiger partial charge on any atom is 0.243 e. The van der Waals surface area contributed by atoms with Gasteiger partial charge in [-0.05, 0) is 43.3 Å². The zero-order valence-corrected chi connectivity index (χ0v) is 16.6. The van der Waals surface area contributed by atoms with Gasteiger partial charge in [-0.1, -0.05) is 15.9 Å². The standard InChI is InChI=1S/C17H23BrN6O2/c1-17(2,23-7-9-26-10-8-23)12-19-15(25)11-24-21-16(20-22-24)13-3-5-14(18)6-4-13/h3-6H,7-12H2,1-2H3,(H,19,25). The van der Waals surface area contributed by atoms with Crippen LogP contribution in [0.1, 0.15) is 13.8 Å². The lowest BCUT2D eigenvalue weighted by atomic mass is 10.0. The molecule has 8 nitrogen and oxygen atoms in total. The summed E-state index contributed by atoms with van der Waals surface area (Å²) in [5.41, 5.74) is 0.728. The summed E-state index contributed by atoms with van der Waals surface area (Å²) >= 11 is 3.39. The van der Waals surface area contributed by atoms with E-state index in [0.717, 1.165) is 36.3 Å². The average Bonchev–Trinajstić information content (AvgIpc) is 3.10. The van der Waals surface area contributed by atoms with Crippen LogP contribution < -0.4 is 5.32 Å². The molecule has 0 spiro atoms. The number of carbonyl (C=O) groups excluding carboxylic acids is 1. The lowest BCUT2D eigenvalue weighted by molar-refractivity contribution is -0.122. The molecule has 1 aromatic carbocycles. The molecule has 1 amide bonds. The van der Waals surface area contributed by atoms with Crippen molar-refractivity contribution in [1.82, 2.24) is 30.4 Å². The number of amides is 1. The number of hydrogen-bond acceptors (Lipinski definition) is 6. The van der Waals surface area contributed by atoms with Gasteiger partial charge in [0.15, 0.2) is 0 Å². The Balaban J connectivity index is 1.52. The van der Waals surface area contributed by atoms with Crippen LogP contribution in [0.5, 0.6) is 0 Å². The Morgan fingerprint density at radius 1 is 1.27 bits per heavy atom. The SMILES string of the molecule is CC(C)(CNC(=O)Cn1nnc(-c2ccc(Br)cc2)n1)N1CCOCC1. The first-order chi connectivity index (χ1) is 12.4. The largest absolute Gasteiger partial charge is 0.379 e. The highest BCUT2D eigenvalue weighted by Gasteiger charge is 2.28. The molecular weight excluding hydrogens is 400 g/mol. The Bertz CT molecular complexity index is 740. The van der Waals surface area contributed by atoms with E-state index in [1.54, 1.807) is 0 Å². The summed E-state index contributed by atoms with van der Waals surface area (Å²) in [6, 6.07) is 7.62. The van der Waals surface area contributed by atoms with E-state index in [-0.39, 0.29) is 18.0 Å². The highest BCUT2D eigenvalue weighted by molar-refractivity contribution is 9.10. The van der Waals surface area contributed by atoms with E-state index >= 15 is 0 Å². The number of ether oxygens (including phenoxy) is 1. The first-order valence-corrected chi connectivity index (χ1v) is 9.36. The second-order valence-electron chi connectivity index (χ2n) is 6.84. The summed E-state index contributed by atoms with van der Waals surface area (Å²) in [6.45, 7) is 8.07. The number of tetrazole rings is 1. The van der Waals surface area contributed by atoms with E-state index in [1.807, 2.05) is 24.3 Å². The quantitative estimate of drug-likeness (QED) is 0.755. The van der Waals surface area contributed by atoms with Crippen LogP contribution in [0.15, 0.2) is 28.7 Å². The number of benzene rings is 1. The van der Waals surface area contributed by atoms with E-state index in [2.05, 4.69) is 55.4 Å². The molecule has 2 heterocycles. The minimum Gasteiger partial charge on any atom is -0.379 e. The van der Waals surface area contributed by atoms with Gasteiger partial charge in [-0.2, -0.15) is 4.80 Å². The Labute approximate surface area is 161 Å². The molecule has 1 aromatic heterocycles. The number of rotatable bonds is 6. The van der Waals surface area contributed by atoms with Crippen LogP contribution in [0.3, 0.4) is 0 Å². The molecule has 1 aliphatic heterocycles. The molecule has 0 atom stereocenters. The number of nitrogens with zero attached hydrogens (tertiary/aromatic N) is 5. The Kier molecular flexibility index (Phi) is 6.00. The monoisotopic (exact) mass is 422 g/mol. The average molecular weight is 423 g/mol. The number of halogens is 1. The van der Waals surface area contributed by atoms with Crippen LogP contribution in [0.4, 0.5) is 0 Å². The summed E-state index contributed by atoms with van der Waals surface area (Å²) in [7, 11) is 0. The highest BCUT2D eigenvalue weighted by Crippen LogP contribution is 2.17. The summed E-state index contributed by atoms with van der Waals surface area (Å²) in [4.78, 5) is 15.9. The molecule has 26 heavy (non-hydrogen) atoms. The molecule has 1 fully saturated rings. The van der Waals surface area contributed by atoms with Crippen LogP contribution in [0.2, 0.25) is 0 Å². The van der Waals surface area contributed by atoms with Gasteiger partial charge >= 0.3 is 0 Å². The van der Waals surface area contributed by atoms with Gasteiger partial charge in [0.05, 0.1) is 13.2 Å². The second-order valence-corrected chi connectivity index (χ2v) is 7.75. The number of hydrogen-bond donors (Lipinski definition) is 1. The number of carbonyl (C=O) groups is 1. The van der Waals surface area contributed by atoms with Gasteiger partial charge in [0, 0.05) is 35.2 Å². The Hall–Kier alpha value is -1.84. The molecule has 2 aromatic rings. The molecule has 9 heteroatoms. The topological polar surface area (TPSA) is 85.2 Å². The van der Waals surface area contributed by atoms with Gasteiger partial charge < -0.3 is 10.1 Å². The van der Waals surface area contributed by atoms with Gasteiger partial charge in [-0.15, -0.1) is 10.2 Å². The zero-order valence-electron chi connectivity index (χ0n) is 15.0. The van der Waals surface area contributed by atoms with Crippen molar-refractivity contribution in [2.75, 3.05) is 32.8 Å². The molecule has 1 saturated heterocycles. The molecule has 3 rings (SSSR count). The van der Waals surface area contributed by atoms with Crippen molar-refractivity contribution in [1.29, 1.82) is 0 Å². The fourth-order valence-electron chi connectivity index (χ4n) is 2.80. The van der Waals surface area contributed by atoms with Gasteiger partial charge in [0.25, 0.3) is 0 Å². The van der Waals surface area contributed by atoms with Crippen molar-refractivity contribution < 1.29 is 9.53 Å². The van der Waals surface area contributed by atoms with Gasteiger partial charge in [0.2, 0.25) is 11.7 Å². The minimum atomic E-state index is -0.133. The van der Waals surface area contributed by atoms with Crippen molar-refractivity contribution in [3.8, 4) is 11.4 Å². The van der Waals surface area contributed by atoms with Crippen molar-refractivity contribution in [3.05, 3.63) is 28.7 Å². The predicted molar refractivity (Wildman–Crippen MR) is 100 cm³/mol. The molecule has 1 aliphatic rings. The fourth-order valence-corrected chi connectivity index (χ4v) is 3.07. The first kappa shape index (κ1) is 18.9. The third kappa shape index (κ3) is 4.87. The van der Waals surface area contributed by atoms with Crippen LogP contribution in [-0.2, 0) is 16.1 Å². The molecule has 1 N–H and O–H groups in total. The van der Waals surface area contributed by atoms with Gasteiger partial charge in [-0.25, -0.2) is 0 Å². The van der Waals surface area contributed by atoms with E-state index in [4.69, 9.17) is 4.74 Å². The van der Waals surface area contributed by atoms with Crippen molar-refractivity contribution in [3.63, 3.8) is 0 Å². The summed E-state index contributed by atoms with van der Waals surface area (Å²) in [5.74, 6) is 0.366. The van der Waals surface area contributed by atoms with Crippen molar-refractivity contribution in [2.45, 2.75) is 25.9 Å². The summed E-state index contributed by atoms with van der Waals surface area (Å²) in [5, 5.41) is 15.2. The molecule has 0 aliphatic carbocycles. The van der Waals surface area contributed by atoms with Crippen LogP contribution in [0, 0.1) is 0 Å². The van der Waals surface area contributed by atoms with E-state index in [1.165, 1.54) is 4.80 Å². The summed E-state index contributed by atoms with van der Waals surface area (Å²) in [6.07, 6.45) is 0. The highest BCUT2D eigenvalue weighted by atomic mass is 79.9.